The van der Waals surface area contributed by atoms with Crippen LogP contribution in [0.2, 0.25) is 0 Å². The minimum Gasteiger partial charge on any atom is -0.367 e. The highest BCUT2D eigenvalue weighted by Gasteiger charge is 2.02. The van der Waals surface area contributed by atoms with Crippen LogP contribution >= 0.6 is 0 Å². The van der Waals surface area contributed by atoms with Gasteiger partial charge in [0.2, 0.25) is 0 Å². The number of anilines is 1. The molecule has 0 aliphatic heterocycles. The van der Waals surface area contributed by atoms with E-state index in [-0.39, 0.29) is 0 Å². The Bertz CT molecular complexity index is 518. The zero-order valence-corrected chi connectivity index (χ0v) is 9.17. The Morgan fingerprint density at radius 2 is 2.12 bits per heavy atom. The molecule has 0 radical (unpaired) electrons. The second-order valence-corrected chi connectivity index (χ2v) is 3.40. The fraction of sp³-hybridized carbons (Fsp3) is 0.167. The fourth-order valence-electron chi connectivity index (χ4n) is 1.42. The van der Waals surface area contributed by atoms with Crippen LogP contribution in [0.3, 0.4) is 0 Å². The van der Waals surface area contributed by atoms with Crippen molar-refractivity contribution < 1.29 is 0 Å². The quantitative estimate of drug-likeness (QED) is 0.851. The lowest BCUT2D eigenvalue weighted by molar-refractivity contribution is 0.984. The summed E-state index contributed by atoms with van der Waals surface area (Å²) >= 11 is 0. The number of nitrogens with one attached hydrogen (secondary N) is 1. The van der Waals surface area contributed by atoms with E-state index >= 15 is 0 Å². The molecule has 84 valence electrons. The van der Waals surface area contributed by atoms with E-state index in [1.165, 1.54) is 6.20 Å². The molecule has 2 aromatic rings. The Labute approximate surface area is 99.2 Å². The Morgan fingerprint density at radius 1 is 1.24 bits per heavy atom. The first-order valence-corrected chi connectivity index (χ1v) is 5.24. The molecule has 0 amide bonds. The lowest BCUT2D eigenvalue weighted by atomic mass is 10.2. The number of hydrogen-bond donors (Lipinski definition) is 1. The molecule has 0 aliphatic rings. The van der Waals surface area contributed by atoms with Crippen LogP contribution in [0, 0.1) is 11.3 Å². The number of aromatic nitrogens is 3. The zero-order valence-electron chi connectivity index (χ0n) is 9.17. The Hall–Kier alpha value is -2.48. The first-order chi connectivity index (χ1) is 8.40. The Kier molecular flexibility index (Phi) is 3.61. The second-order valence-electron chi connectivity index (χ2n) is 3.40. The summed E-state index contributed by atoms with van der Waals surface area (Å²) in [4.78, 5) is 12.0. The largest absolute Gasteiger partial charge is 0.367 e. The molecule has 0 saturated carbocycles. The van der Waals surface area contributed by atoms with Gasteiger partial charge in [-0.25, -0.2) is 9.97 Å². The van der Waals surface area contributed by atoms with Crippen LogP contribution in [0.1, 0.15) is 11.3 Å². The van der Waals surface area contributed by atoms with Gasteiger partial charge in [-0.15, -0.1) is 0 Å². The van der Waals surface area contributed by atoms with Gasteiger partial charge in [-0.2, -0.15) is 5.26 Å². The summed E-state index contributed by atoms with van der Waals surface area (Å²) in [6.07, 6.45) is 7.46. The van der Waals surface area contributed by atoms with Gasteiger partial charge >= 0.3 is 0 Å². The molecule has 0 aromatic carbocycles. The van der Waals surface area contributed by atoms with Crippen molar-refractivity contribution in [3.63, 3.8) is 0 Å². The SMILES string of the molecule is N#Cc1nccnc1NCCc1cccnc1. The number of nitrogens with zero attached hydrogens (tertiary/aromatic N) is 4. The third-order valence-electron chi connectivity index (χ3n) is 2.23. The average Bonchev–Trinajstić information content (AvgIpc) is 2.40. The molecule has 5 nitrogen and oxygen atoms in total. The minimum atomic E-state index is 0.318. The first kappa shape index (κ1) is 11.0. The third kappa shape index (κ3) is 2.98. The molecule has 1 N–H and O–H groups in total. The number of rotatable bonds is 4. The monoisotopic (exact) mass is 225 g/mol. The molecule has 0 aliphatic carbocycles. The summed E-state index contributed by atoms with van der Waals surface area (Å²) < 4.78 is 0. The number of nitriles is 1. The highest BCUT2D eigenvalue weighted by Crippen LogP contribution is 2.06. The Balaban J connectivity index is 1.93. The van der Waals surface area contributed by atoms with E-state index in [4.69, 9.17) is 5.26 Å². The topological polar surface area (TPSA) is 74.5 Å². The highest BCUT2D eigenvalue weighted by molar-refractivity contribution is 5.46. The van der Waals surface area contributed by atoms with Gasteiger partial charge in [-0.3, -0.25) is 4.98 Å². The molecular formula is C12H11N5. The van der Waals surface area contributed by atoms with E-state index in [0.29, 0.717) is 18.1 Å². The smallest absolute Gasteiger partial charge is 0.182 e. The van der Waals surface area contributed by atoms with Crippen LogP contribution < -0.4 is 5.32 Å². The summed E-state index contributed by atoms with van der Waals surface area (Å²) in [5, 5.41) is 11.9. The third-order valence-corrected chi connectivity index (χ3v) is 2.23. The van der Waals surface area contributed by atoms with Gasteiger partial charge in [-0.05, 0) is 18.1 Å². The van der Waals surface area contributed by atoms with Gasteiger partial charge in [0.25, 0.3) is 0 Å². The minimum absolute atomic E-state index is 0.318. The van der Waals surface area contributed by atoms with Gasteiger partial charge in [0.1, 0.15) is 6.07 Å². The lowest BCUT2D eigenvalue weighted by Crippen LogP contribution is -2.08. The van der Waals surface area contributed by atoms with Crippen molar-refractivity contribution >= 4 is 5.82 Å². The van der Waals surface area contributed by atoms with E-state index in [1.54, 1.807) is 12.4 Å². The van der Waals surface area contributed by atoms with Crippen LogP contribution in [0.4, 0.5) is 5.82 Å². The number of pyridine rings is 1. The van der Waals surface area contributed by atoms with E-state index in [9.17, 15) is 0 Å². The fourth-order valence-corrected chi connectivity index (χ4v) is 1.42. The summed E-state index contributed by atoms with van der Waals surface area (Å²) in [7, 11) is 0. The van der Waals surface area contributed by atoms with Crippen LogP contribution in [0.15, 0.2) is 36.9 Å². The summed E-state index contributed by atoms with van der Waals surface area (Å²) in [6.45, 7) is 0.694. The van der Waals surface area contributed by atoms with Crippen molar-refractivity contribution in [2.75, 3.05) is 11.9 Å². The average molecular weight is 225 g/mol. The van der Waals surface area contributed by atoms with E-state index in [2.05, 4.69) is 20.3 Å². The van der Waals surface area contributed by atoms with Crippen molar-refractivity contribution in [1.82, 2.24) is 15.0 Å². The molecule has 0 saturated heterocycles. The van der Waals surface area contributed by atoms with Crippen molar-refractivity contribution in [3.05, 3.63) is 48.2 Å². The summed E-state index contributed by atoms with van der Waals surface area (Å²) in [5.74, 6) is 0.527. The molecule has 0 atom stereocenters. The maximum Gasteiger partial charge on any atom is 0.182 e. The normalized spacial score (nSPS) is 9.59. The number of hydrogen-bond acceptors (Lipinski definition) is 5. The predicted octanol–water partition coefficient (Wildman–Crippen LogP) is 1.40. The molecule has 0 spiro atoms. The van der Waals surface area contributed by atoms with Gasteiger partial charge in [-0.1, -0.05) is 6.07 Å². The molecule has 0 bridgehead atoms. The lowest BCUT2D eigenvalue weighted by Gasteiger charge is -2.05. The van der Waals surface area contributed by atoms with Gasteiger partial charge in [0, 0.05) is 31.3 Å². The van der Waals surface area contributed by atoms with E-state index in [1.807, 2.05) is 24.4 Å². The van der Waals surface area contributed by atoms with Crippen molar-refractivity contribution in [1.29, 1.82) is 5.26 Å². The van der Waals surface area contributed by atoms with E-state index < -0.39 is 0 Å². The molecule has 2 rings (SSSR count). The predicted molar refractivity (Wildman–Crippen MR) is 63.2 cm³/mol. The van der Waals surface area contributed by atoms with Crippen molar-refractivity contribution in [2.24, 2.45) is 0 Å². The maximum atomic E-state index is 8.83. The molecule has 2 heterocycles. The van der Waals surface area contributed by atoms with Crippen molar-refractivity contribution in [3.8, 4) is 6.07 Å². The van der Waals surface area contributed by atoms with Crippen LogP contribution in [-0.2, 0) is 6.42 Å². The molecule has 17 heavy (non-hydrogen) atoms. The highest BCUT2D eigenvalue weighted by atomic mass is 15.0. The summed E-state index contributed by atoms with van der Waals surface area (Å²) in [5.41, 5.74) is 1.46. The van der Waals surface area contributed by atoms with Gasteiger partial charge < -0.3 is 5.32 Å². The Morgan fingerprint density at radius 3 is 2.88 bits per heavy atom. The van der Waals surface area contributed by atoms with Crippen molar-refractivity contribution in [2.45, 2.75) is 6.42 Å². The molecular weight excluding hydrogens is 214 g/mol. The summed E-state index contributed by atoms with van der Waals surface area (Å²) in [6, 6.07) is 5.91. The second kappa shape index (κ2) is 5.56. The van der Waals surface area contributed by atoms with Gasteiger partial charge in [0.05, 0.1) is 0 Å². The molecule has 0 unspecified atom stereocenters. The molecule has 2 aromatic heterocycles. The van der Waals surface area contributed by atoms with E-state index in [0.717, 1.165) is 12.0 Å². The van der Waals surface area contributed by atoms with Crippen LogP contribution in [-0.4, -0.2) is 21.5 Å². The first-order valence-electron chi connectivity index (χ1n) is 5.24. The standard InChI is InChI=1S/C12H11N5/c13-8-11-12(17-7-6-15-11)16-5-3-10-2-1-4-14-9-10/h1-2,4,6-7,9H,3,5H2,(H,16,17). The van der Waals surface area contributed by atoms with Gasteiger partial charge in [0.15, 0.2) is 11.5 Å². The zero-order chi connectivity index (χ0) is 11.9. The molecule has 5 heteroatoms. The molecule has 0 fully saturated rings. The maximum absolute atomic E-state index is 8.83. The van der Waals surface area contributed by atoms with Crippen LogP contribution in [0.25, 0.3) is 0 Å². The van der Waals surface area contributed by atoms with Crippen LogP contribution in [0.5, 0.6) is 0 Å².